The molecular weight excluding hydrogens is 388 g/mol. The van der Waals surface area contributed by atoms with Crippen molar-refractivity contribution in [1.82, 2.24) is 9.21 Å². The third kappa shape index (κ3) is 4.41. The highest BCUT2D eigenvalue weighted by atomic mass is 32.2. The third-order valence-electron chi connectivity index (χ3n) is 5.53. The quantitative estimate of drug-likeness (QED) is 0.681. The van der Waals surface area contributed by atoms with Gasteiger partial charge in [0.1, 0.15) is 0 Å². The van der Waals surface area contributed by atoms with Crippen LogP contribution >= 0.6 is 0 Å². The van der Waals surface area contributed by atoms with E-state index in [0.717, 1.165) is 29.1 Å². The molecule has 0 saturated heterocycles. The van der Waals surface area contributed by atoms with Crippen LogP contribution in [0.25, 0.3) is 0 Å². The fourth-order valence-electron chi connectivity index (χ4n) is 3.73. The zero-order valence-corrected chi connectivity index (χ0v) is 17.8. The van der Waals surface area contributed by atoms with Gasteiger partial charge in [0.05, 0.1) is 17.5 Å². The molecule has 1 aliphatic carbocycles. The van der Waals surface area contributed by atoms with Crippen LogP contribution in [0, 0.1) is 0 Å². The number of aryl methyl sites for hydroxylation is 1. The van der Waals surface area contributed by atoms with Crippen molar-refractivity contribution in [3.63, 3.8) is 0 Å². The molecule has 0 saturated carbocycles. The van der Waals surface area contributed by atoms with E-state index in [2.05, 4.69) is 6.07 Å². The van der Waals surface area contributed by atoms with E-state index in [1.165, 1.54) is 43.8 Å². The van der Waals surface area contributed by atoms with Crippen LogP contribution in [0.3, 0.4) is 0 Å². The molecule has 0 spiro atoms. The Hall–Kier alpha value is -2.51. The Kier molecular flexibility index (Phi) is 6.19. The molecule has 0 N–H and O–H groups in total. The highest BCUT2D eigenvalue weighted by Crippen LogP contribution is 2.33. The maximum atomic E-state index is 12.9. The maximum Gasteiger partial charge on any atom is 0.243 e. The second-order valence-electron chi connectivity index (χ2n) is 7.45. The van der Waals surface area contributed by atoms with E-state index in [9.17, 15) is 18.0 Å². The molecule has 154 valence electrons. The number of likely N-dealkylation sites (N-methyl/N-ethyl adjacent to an activating group) is 2. The van der Waals surface area contributed by atoms with E-state index >= 15 is 0 Å². The lowest BCUT2D eigenvalue weighted by Gasteiger charge is -2.34. The van der Waals surface area contributed by atoms with E-state index in [1.54, 1.807) is 11.9 Å². The number of benzene rings is 2. The summed E-state index contributed by atoms with van der Waals surface area (Å²) >= 11 is 0. The molecule has 1 aliphatic rings. The molecule has 6 nitrogen and oxygen atoms in total. The highest BCUT2D eigenvalue weighted by molar-refractivity contribution is 7.89. The second kappa shape index (κ2) is 8.47. The fraction of sp³-hybridized carbons (Fsp3) is 0.364. The van der Waals surface area contributed by atoms with Crippen molar-refractivity contribution >= 4 is 21.7 Å². The van der Waals surface area contributed by atoms with Gasteiger partial charge in [-0.1, -0.05) is 36.4 Å². The Morgan fingerprint density at radius 3 is 2.34 bits per heavy atom. The molecule has 29 heavy (non-hydrogen) atoms. The normalized spacial score (nSPS) is 16.3. The summed E-state index contributed by atoms with van der Waals surface area (Å²) in [5, 5.41) is 0. The number of hydrogen-bond acceptors (Lipinski definition) is 4. The fourth-order valence-corrected chi connectivity index (χ4v) is 4.85. The van der Waals surface area contributed by atoms with Gasteiger partial charge in [0.15, 0.2) is 5.78 Å². The highest BCUT2D eigenvalue weighted by Gasteiger charge is 2.29. The lowest BCUT2D eigenvalue weighted by atomic mass is 9.87. The standard InChI is InChI=1S/C22H26N2O4S/c1-16(25)17-11-13-19(14-12-17)29(27,28)23(2)15-22(26)24(3)21-10-6-8-18-7-4-5-9-20(18)21/h4-5,7,9,11-14,21H,6,8,10,15H2,1-3H3/t21-/m1/s1. The molecule has 0 fully saturated rings. The molecule has 0 unspecified atom stereocenters. The summed E-state index contributed by atoms with van der Waals surface area (Å²) in [6.07, 6.45) is 2.86. The molecule has 0 aromatic heterocycles. The van der Waals surface area contributed by atoms with Crippen LogP contribution in [-0.4, -0.2) is 50.0 Å². The van der Waals surface area contributed by atoms with Gasteiger partial charge in [0.2, 0.25) is 15.9 Å². The molecule has 2 aromatic rings. The van der Waals surface area contributed by atoms with Crippen LogP contribution in [0.15, 0.2) is 53.4 Å². The number of rotatable bonds is 6. The Labute approximate surface area is 172 Å². The molecule has 7 heteroatoms. The van der Waals surface area contributed by atoms with Gasteiger partial charge in [-0.2, -0.15) is 4.31 Å². The van der Waals surface area contributed by atoms with E-state index in [0.29, 0.717) is 5.56 Å². The van der Waals surface area contributed by atoms with Crippen LogP contribution in [0.5, 0.6) is 0 Å². The van der Waals surface area contributed by atoms with E-state index < -0.39 is 10.0 Å². The van der Waals surface area contributed by atoms with Gasteiger partial charge in [0.25, 0.3) is 0 Å². The first-order chi connectivity index (χ1) is 13.7. The number of fused-ring (bicyclic) bond motifs is 1. The predicted molar refractivity (Wildman–Crippen MR) is 111 cm³/mol. The Balaban J connectivity index is 1.73. The largest absolute Gasteiger partial charge is 0.338 e. The maximum absolute atomic E-state index is 12.9. The molecule has 2 aromatic carbocycles. The number of carbonyl (C=O) groups excluding carboxylic acids is 2. The van der Waals surface area contributed by atoms with Crippen molar-refractivity contribution in [2.45, 2.75) is 37.1 Å². The summed E-state index contributed by atoms with van der Waals surface area (Å²) in [5.74, 6) is -0.384. The molecular formula is C22H26N2O4S. The third-order valence-corrected chi connectivity index (χ3v) is 7.34. The SMILES string of the molecule is CC(=O)c1ccc(S(=O)(=O)N(C)CC(=O)N(C)[C@@H]2CCCc3ccccc32)cc1. The van der Waals surface area contributed by atoms with Crippen molar-refractivity contribution in [3.8, 4) is 0 Å². The molecule has 0 heterocycles. The van der Waals surface area contributed by atoms with Gasteiger partial charge < -0.3 is 4.90 Å². The van der Waals surface area contributed by atoms with E-state index in [4.69, 9.17) is 0 Å². The number of nitrogens with zero attached hydrogens (tertiary/aromatic N) is 2. The van der Waals surface area contributed by atoms with Gasteiger partial charge in [0, 0.05) is 19.7 Å². The number of carbonyl (C=O) groups is 2. The smallest absolute Gasteiger partial charge is 0.243 e. The summed E-state index contributed by atoms with van der Waals surface area (Å²) in [6, 6.07) is 13.8. The van der Waals surface area contributed by atoms with Crippen LogP contribution in [0.1, 0.15) is 47.3 Å². The van der Waals surface area contributed by atoms with E-state index in [1.807, 2.05) is 18.2 Å². The average molecular weight is 415 g/mol. The van der Waals surface area contributed by atoms with E-state index in [-0.39, 0.29) is 29.2 Å². The van der Waals surface area contributed by atoms with Gasteiger partial charge >= 0.3 is 0 Å². The average Bonchev–Trinajstić information content (AvgIpc) is 2.72. The summed E-state index contributed by atoms with van der Waals surface area (Å²) in [6.45, 7) is 1.18. The number of ketones is 1. The monoisotopic (exact) mass is 414 g/mol. The minimum absolute atomic E-state index is 0.0431. The van der Waals surface area contributed by atoms with Crippen molar-refractivity contribution in [3.05, 3.63) is 65.2 Å². The number of Topliss-reactive ketones (excluding diaryl/α,β-unsaturated/α-hetero) is 1. The summed E-state index contributed by atoms with van der Waals surface area (Å²) < 4.78 is 26.7. The summed E-state index contributed by atoms with van der Waals surface area (Å²) in [4.78, 5) is 26.0. The number of hydrogen-bond donors (Lipinski definition) is 0. The first-order valence-corrected chi connectivity index (χ1v) is 11.1. The van der Waals surface area contributed by atoms with Crippen LogP contribution in [-0.2, 0) is 21.2 Å². The van der Waals surface area contributed by atoms with Gasteiger partial charge in [-0.25, -0.2) is 8.42 Å². The molecule has 1 amide bonds. The van der Waals surface area contributed by atoms with Crippen molar-refractivity contribution in [1.29, 1.82) is 0 Å². The topological polar surface area (TPSA) is 74.8 Å². The van der Waals surface area contributed by atoms with Crippen molar-refractivity contribution in [2.24, 2.45) is 0 Å². The second-order valence-corrected chi connectivity index (χ2v) is 9.50. The summed E-state index contributed by atoms with van der Waals surface area (Å²) in [7, 11) is -0.696. The van der Waals surface area contributed by atoms with Crippen LogP contribution < -0.4 is 0 Å². The van der Waals surface area contributed by atoms with Gasteiger partial charge in [-0.3, -0.25) is 9.59 Å². The Bertz CT molecular complexity index is 1020. The predicted octanol–water partition coefficient (Wildman–Crippen LogP) is 3.05. The number of sulfonamides is 1. The van der Waals surface area contributed by atoms with Crippen LogP contribution in [0.4, 0.5) is 0 Å². The zero-order valence-electron chi connectivity index (χ0n) is 17.0. The molecule has 0 bridgehead atoms. The zero-order chi connectivity index (χ0) is 21.2. The first-order valence-electron chi connectivity index (χ1n) is 9.62. The van der Waals surface area contributed by atoms with Crippen molar-refractivity contribution < 1.29 is 18.0 Å². The molecule has 1 atom stereocenters. The van der Waals surface area contributed by atoms with Gasteiger partial charge in [-0.15, -0.1) is 0 Å². The number of amides is 1. The Morgan fingerprint density at radius 2 is 1.69 bits per heavy atom. The molecule has 0 aliphatic heterocycles. The minimum atomic E-state index is -3.83. The lowest BCUT2D eigenvalue weighted by molar-refractivity contribution is -0.132. The Morgan fingerprint density at radius 1 is 1.03 bits per heavy atom. The molecule has 3 rings (SSSR count). The summed E-state index contributed by atoms with van der Waals surface area (Å²) in [5.41, 5.74) is 2.83. The minimum Gasteiger partial charge on any atom is -0.338 e. The van der Waals surface area contributed by atoms with Crippen molar-refractivity contribution in [2.75, 3.05) is 20.6 Å². The lowest BCUT2D eigenvalue weighted by Crippen LogP contribution is -2.41. The first kappa shape index (κ1) is 21.2. The van der Waals surface area contributed by atoms with Crippen LogP contribution in [0.2, 0.25) is 0 Å². The molecule has 0 radical (unpaired) electrons. The van der Waals surface area contributed by atoms with Gasteiger partial charge in [-0.05, 0) is 49.4 Å².